The molecule has 0 heterocycles. The van der Waals surface area contributed by atoms with Gasteiger partial charge in [-0.2, -0.15) is 0 Å². The lowest BCUT2D eigenvalue weighted by atomic mass is 9.71. The first kappa shape index (κ1) is 27.0. The molecule has 0 saturated carbocycles. The number of hydrogen-bond donors (Lipinski definition) is 0. The first-order valence-electron chi connectivity index (χ1n) is 13.6. The van der Waals surface area contributed by atoms with Crippen LogP contribution in [0.15, 0.2) is 36.4 Å². The highest BCUT2D eigenvalue weighted by Gasteiger charge is 2.34. The Morgan fingerprint density at radius 2 is 1.80 bits per heavy atom. The molecule has 35 heavy (non-hydrogen) atoms. The van der Waals surface area contributed by atoms with Gasteiger partial charge in [-0.1, -0.05) is 76.4 Å². The Kier molecular flexibility index (Phi) is 9.60. The fourth-order valence-electron chi connectivity index (χ4n) is 6.19. The largest absolute Gasteiger partial charge is 0.300 e. The molecule has 0 amide bonds. The molecule has 0 spiro atoms. The van der Waals surface area contributed by atoms with Gasteiger partial charge in [0.25, 0.3) is 0 Å². The van der Waals surface area contributed by atoms with E-state index in [1.165, 1.54) is 29.2 Å². The van der Waals surface area contributed by atoms with Crippen LogP contribution in [-0.2, 0) is 22.4 Å². The monoisotopic (exact) mass is 474 g/mol. The lowest BCUT2D eigenvalue weighted by Gasteiger charge is -2.32. The van der Waals surface area contributed by atoms with E-state index < -0.39 is 0 Å². The standard InChI is InChI=1S/C32H42O3/c1-6-10-23-12-9-13-26(17-23)28-15-14-21(4)32-29(28)19-24(20-31(32)35)18-25(11-7-2)27(8-3)30(34)16-22(5)33/h9,12-15,17,24-25,27H,6-8,10-11,16,18-20H2,1-5H3. The Hall–Kier alpha value is -2.55. The number of ketones is 3. The Morgan fingerprint density at radius 1 is 1.03 bits per heavy atom. The van der Waals surface area contributed by atoms with Gasteiger partial charge in [-0.05, 0) is 79.2 Å². The molecule has 0 radical (unpaired) electrons. The number of rotatable bonds is 12. The lowest BCUT2D eigenvalue weighted by Crippen LogP contribution is -2.30. The first-order chi connectivity index (χ1) is 16.8. The van der Waals surface area contributed by atoms with Crippen molar-refractivity contribution < 1.29 is 14.4 Å². The Balaban J connectivity index is 1.93. The number of carbonyl (C=O) groups excluding carboxylic acids is 3. The number of benzene rings is 2. The number of aryl methyl sites for hydroxylation is 2. The molecule has 3 heteroatoms. The molecule has 3 nitrogen and oxygen atoms in total. The van der Waals surface area contributed by atoms with Gasteiger partial charge in [-0.3, -0.25) is 14.4 Å². The average Bonchev–Trinajstić information content (AvgIpc) is 2.79. The van der Waals surface area contributed by atoms with Crippen molar-refractivity contribution >= 4 is 17.3 Å². The van der Waals surface area contributed by atoms with E-state index in [1.54, 1.807) is 0 Å². The summed E-state index contributed by atoms with van der Waals surface area (Å²) in [6.45, 7) is 9.94. The molecule has 3 rings (SSSR count). The van der Waals surface area contributed by atoms with Gasteiger partial charge in [-0.15, -0.1) is 0 Å². The van der Waals surface area contributed by atoms with E-state index in [1.807, 2.05) is 6.92 Å². The average molecular weight is 475 g/mol. The molecule has 0 N–H and O–H groups in total. The van der Waals surface area contributed by atoms with E-state index >= 15 is 0 Å². The van der Waals surface area contributed by atoms with Crippen LogP contribution in [0.25, 0.3) is 11.1 Å². The van der Waals surface area contributed by atoms with E-state index in [2.05, 4.69) is 57.2 Å². The molecule has 3 unspecified atom stereocenters. The third-order valence-electron chi connectivity index (χ3n) is 7.68. The van der Waals surface area contributed by atoms with Crippen LogP contribution >= 0.6 is 0 Å². The smallest absolute Gasteiger partial charge is 0.163 e. The fourth-order valence-corrected chi connectivity index (χ4v) is 6.19. The number of hydrogen-bond acceptors (Lipinski definition) is 3. The van der Waals surface area contributed by atoms with E-state index in [0.717, 1.165) is 56.1 Å². The number of fused-ring (bicyclic) bond motifs is 1. The maximum Gasteiger partial charge on any atom is 0.163 e. The third-order valence-corrected chi connectivity index (χ3v) is 7.68. The number of carbonyl (C=O) groups is 3. The molecule has 0 saturated heterocycles. The molecule has 1 aliphatic rings. The summed E-state index contributed by atoms with van der Waals surface area (Å²) < 4.78 is 0. The molecule has 2 aromatic rings. The van der Waals surface area contributed by atoms with Crippen molar-refractivity contribution in [3.05, 3.63) is 58.7 Å². The summed E-state index contributed by atoms with van der Waals surface area (Å²) in [6, 6.07) is 13.0. The zero-order chi connectivity index (χ0) is 25.5. The predicted molar refractivity (Wildman–Crippen MR) is 144 cm³/mol. The topological polar surface area (TPSA) is 51.2 Å². The highest BCUT2D eigenvalue weighted by molar-refractivity contribution is 6.02. The van der Waals surface area contributed by atoms with E-state index in [0.29, 0.717) is 6.42 Å². The van der Waals surface area contributed by atoms with Gasteiger partial charge >= 0.3 is 0 Å². The molecule has 3 atom stereocenters. The summed E-state index contributed by atoms with van der Waals surface area (Å²) in [7, 11) is 0. The summed E-state index contributed by atoms with van der Waals surface area (Å²) in [5, 5.41) is 0. The zero-order valence-electron chi connectivity index (χ0n) is 22.3. The predicted octanol–water partition coefficient (Wildman–Crippen LogP) is 7.74. The maximum atomic E-state index is 13.4. The van der Waals surface area contributed by atoms with Gasteiger partial charge in [0.15, 0.2) is 5.78 Å². The van der Waals surface area contributed by atoms with Crippen molar-refractivity contribution in [2.45, 2.75) is 92.4 Å². The van der Waals surface area contributed by atoms with E-state index in [4.69, 9.17) is 0 Å². The van der Waals surface area contributed by atoms with Crippen molar-refractivity contribution in [1.29, 1.82) is 0 Å². The second-order valence-corrected chi connectivity index (χ2v) is 10.6. The van der Waals surface area contributed by atoms with Crippen molar-refractivity contribution in [2.75, 3.05) is 0 Å². The highest BCUT2D eigenvalue weighted by Crippen LogP contribution is 2.40. The van der Waals surface area contributed by atoms with Crippen LogP contribution in [0.4, 0.5) is 0 Å². The molecule has 0 bridgehead atoms. The first-order valence-corrected chi connectivity index (χ1v) is 13.6. The minimum atomic E-state index is -0.0990. The minimum absolute atomic E-state index is 0.0304. The van der Waals surface area contributed by atoms with Crippen LogP contribution in [0.5, 0.6) is 0 Å². The zero-order valence-corrected chi connectivity index (χ0v) is 22.3. The van der Waals surface area contributed by atoms with Gasteiger partial charge in [-0.25, -0.2) is 0 Å². The van der Waals surface area contributed by atoms with Crippen molar-refractivity contribution in [2.24, 2.45) is 17.8 Å². The van der Waals surface area contributed by atoms with Crippen LogP contribution in [0.1, 0.15) is 99.7 Å². The SMILES string of the molecule is CCCc1cccc(-c2ccc(C)c3c2CC(CC(CCC)C(CC)C(=O)CC(C)=O)CC3=O)c1. The molecular weight excluding hydrogens is 432 g/mol. The van der Waals surface area contributed by atoms with Crippen LogP contribution in [-0.4, -0.2) is 17.3 Å². The normalized spacial score (nSPS) is 17.1. The maximum absolute atomic E-state index is 13.4. The van der Waals surface area contributed by atoms with Gasteiger partial charge in [0, 0.05) is 17.9 Å². The molecule has 0 fully saturated rings. The Morgan fingerprint density at radius 3 is 2.46 bits per heavy atom. The van der Waals surface area contributed by atoms with Gasteiger partial charge in [0.2, 0.25) is 0 Å². The molecule has 0 aliphatic heterocycles. The summed E-state index contributed by atoms with van der Waals surface area (Å²) in [6.07, 6.45) is 7.18. The molecule has 188 valence electrons. The molecule has 0 aromatic heterocycles. The summed E-state index contributed by atoms with van der Waals surface area (Å²) in [4.78, 5) is 37.9. The van der Waals surface area contributed by atoms with Gasteiger partial charge < -0.3 is 0 Å². The van der Waals surface area contributed by atoms with Crippen LogP contribution in [0.3, 0.4) is 0 Å². The summed E-state index contributed by atoms with van der Waals surface area (Å²) in [5.74, 6) is 0.598. The van der Waals surface area contributed by atoms with Crippen molar-refractivity contribution in [1.82, 2.24) is 0 Å². The van der Waals surface area contributed by atoms with E-state index in [9.17, 15) is 14.4 Å². The lowest BCUT2D eigenvalue weighted by molar-refractivity contribution is -0.129. The quantitative estimate of drug-likeness (QED) is 0.296. The minimum Gasteiger partial charge on any atom is -0.300 e. The number of Topliss-reactive ketones (excluding diaryl/α,β-unsaturated/α-hetero) is 3. The summed E-state index contributed by atoms with van der Waals surface area (Å²) in [5.41, 5.74) is 6.84. The fraction of sp³-hybridized carbons (Fsp3) is 0.531. The van der Waals surface area contributed by atoms with Gasteiger partial charge in [0.05, 0.1) is 6.42 Å². The van der Waals surface area contributed by atoms with Gasteiger partial charge in [0.1, 0.15) is 11.6 Å². The molecule has 2 aromatic carbocycles. The molecule has 1 aliphatic carbocycles. The second kappa shape index (κ2) is 12.4. The van der Waals surface area contributed by atoms with Crippen LogP contribution < -0.4 is 0 Å². The molecular formula is C32H42O3. The van der Waals surface area contributed by atoms with Crippen LogP contribution in [0, 0.1) is 24.7 Å². The second-order valence-electron chi connectivity index (χ2n) is 10.6. The van der Waals surface area contributed by atoms with Crippen molar-refractivity contribution in [3.63, 3.8) is 0 Å². The highest BCUT2D eigenvalue weighted by atomic mass is 16.1. The Labute approximate surface area is 211 Å². The van der Waals surface area contributed by atoms with Crippen LogP contribution in [0.2, 0.25) is 0 Å². The van der Waals surface area contributed by atoms with Crippen molar-refractivity contribution in [3.8, 4) is 11.1 Å². The Bertz CT molecular complexity index is 1060. The third kappa shape index (κ3) is 6.57. The van der Waals surface area contributed by atoms with E-state index in [-0.39, 0.29) is 41.5 Å². The summed E-state index contributed by atoms with van der Waals surface area (Å²) >= 11 is 0.